The summed E-state index contributed by atoms with van der Waals surface area (Å²) in [7, 11) is 1.63. The van der Waals surface area contributed by atoms with Crippen LogP contribution in [0.4, 0.5) is 0 Å². The number of rotatable bonds is 6. The molecule has 0 spiro atoms. The van der Waals surface area contributed by atoms with Gasteiger partial charge in [0.2, 0.25) is 0 Å². The number of hydrogen-bond donors (Lipinski definition) is 1. The lowest BCUT2D eigenvalue weighted by molar-refractivity contribution is 0.0849. The zero-order valence-corrected chi connectivity index (χ0v) is 12.5. The molecule has 0 aliphatic heterocycles. The van der Waals surface area contributed by atoms with Crippen molar-refractivity contribution < 1.29 is 14.3 Å². The zero-order valence-electron chi connectivity index (χ0n) is 12.5. The van der Waals surface area contributed by atoms with Crippen molar-refractivity contribution in [3.63, 3.8) is 0 Å². The fraction of sp³-hybridized carbons (Fsp3) is 0.588. The minimum Gasteiger partial charge on any atom is -0.490 e. The summed E-state index contributed by atoms with van der Waals surface area (Å²) in [5, 5.41) is 0. The van der Waals surface area contributed by atoms with Crippen molar-refractivity contribution in [3.05, 3.63) is 29.8 Å². The van der Waals surface area contributed by atoms with Crippen LogP contribution in [0.3, 0.4) is 0 Å². The molecule has 2 fully saturated rings. The van der Waals surface area contributed by atoms with Crippen molar-refractivity contribution in [2.24, 2.45) is 23.5 Å². The second-order valence-corrected chi connectivity index (χ2v) is 6.14. The third-order valence-corrected chi connectivity index (χ3v) is 4.98. The van der Waals surface area contributed by atoms with Crippen LogP contribution >= 0.6 is 0 Å². The molecule has 0 amide bonds. The molecule has 21 heavy (non-hydrogen) atoms. The molecule has 2 bridgehead atoms. The molecule has 0 saturated heterocycles. The number of para-hydroxylation sites is 1. The van der Waals surface area contributed by atoms with Crippen LogP contribution in [0, 0.1) is 17.8 Å². The number of methoxy groups -OCH3 is 1. The normalized spacial score (nSPS) is 30.6. The third kappa shape index (κ3) is 2.70. The van der Waals surface area contributed by atoms with Gasteiger partial charge in [0.1, 0.15) is 12.4 Å². The smallest absolute Gasteiger partial charge is 0.171 e. The second kappa shape index (κ2) is 6.16. The first-order chi connectivity index (χ1) is 10.2. The molecule has 4 atom stereocenters. The molecular weight excluding hydrogens is 266 g/mol. The number of carbonyl (C=O) groups is 1. The molecule has 0 heterocycles. The molecule has 2 aliphatic carbocycles. The minimum absolute atomic E-state index is 0.0169. The van der Waals surface area contributed by atoms with Crippen molar-refractivity contribution in [2.75, 3.05) is 20.3 Å². The molecule has 4 unspecified atom stereocenters. The highest BCUT2D eigenvalue weighted by Gasteiger charge is 2.49. The van der Waals surface area contributed by atoms with E-state index in [1.165, 1.54) is 6.42 Å². The van der Waals surface area contributed by atoms with Crippen LogP contribution in [0.2, 0.25) is 0 Å². The maximum Gasteiger partial charge on any atom is 0.171 e. The first-order valence-corrected chi connectivity index (χ1v) is 7.73. The van der Waals surface area contributed by atoms with E-state index in [2.05, 4.69) is 0 Å². The van der Waals surface area contributed by atoms with E-state index < -0.39 is 0 Å². The lowest BCUT2D eigenvalue weighted by Gasteiger charge is -2.27. The third-order valence-electron chi connectivity index (χ3n) is 4.98. The van der Waals surface area contributed by atoms with E-state index in [0.29, 0.717) is 36.4 Å². The first kappa shape index (κ1) is 14.5. The molecule has 1 aromatic rings. The number of fused-ring (bicyclic) bond motifs is 2. The molecule has 3 rings (SSSR count). The highest BCUT2D eigenvalue weighted by molar-refractivity contribution is 6.01. The number of Topliss-reactive ketones (excluding diaryl/α,β-unsaturated/α-hetero) is 1. The molecule has 4 heteroatoms. The average Bonchev–Trinajstić information content (AvgIpc) is 3.08. The highest BCUT2D eigenvalue weighted by atomic mass is 16.5. The highest BCUT2D eigenvalue weighted by Crippen LogP contribution is 2.49. The molecule has 0 radical (unpaired) electrons. The van der Waals surface area contributed by atoms with Crippen LogP contribution < -0.4 is 10.5 Å². The summed E-state index contributed by atoms with van der Waals surface area (Å²) in [6.45, 7) is 0.958. The molecule has 2 saturated carbocycles. The quantitative estimate of drug-likeness (QED) is 0.644. The van der Waals surface area contributed by atoms with Crippen LogP contribution in [-0.4, -0.2) is 32.1 Å². The SMILES string of the molecule is COCCOc1ccccc1C(=O)C1C2CCC(C2)C1N. The first-order valence-electron chi connectivity index (χ1n) is 7.73. The predicted molar refractivity (Wildman–Crippen MR) is 80.4 cm³/mol. The average molecular weight is 289 g/mol. The van der Waals surface area contributed by atoms with Gasteiger partial charge >= 0.3 is 0 Å². The van der Waals surface area contributed by atoms with Gasteiger partial charge in [0.25, 0.3) is 0 Å². The summed E-state index contributed by atoms with van der Waals surface area (Å²) in [6, 6.07) is 7.49. The summed E-state index contributed by atoms with van der Waals surface area (Å²) in [6.07, 6.45) is 3.44. The second-order valence-electron chi connectivity index (χ2n) is 6.14. The number of carbonyl (C=O) groups excluding carboxylic acids is 1. The van der Waals surface area contributed by atoms with Gasteiger partial charge in [-0.3, -0.25) is 4.79 Å². The van der Waals surface area contributed by atoms with Gasteiger partial charge in [-0.2, -0.15) is 0 Å². The van der Waals surface area contributed by atoms with E-state index in [1.807, 2.05) is 24.3 Å². The molecule has 114 valence electrons. The van der Waals surface area contributed by atoms with Gasteiger partial charge in [-0.05, 0) is 43.2 Å². The largest absolute Gasteiger partial charge is 0.490 e. The number of hydrogen-bond acceptors (Lipinski definition) is 4. The molecule has 4 nitrogen and oxygen atoms in total. The van der Waals surface area contributed by atoms with Gasteiger partial charge in [0.15, 0.2) is 5.78 Å². The summed E-state index contributed by atoms with van der Waals surface area (Å²) < 4.78 is 10.7. The Morgan fingerprint density at radius 1 is 1.24 bits per heavy atom. The Hall–Kier alpha value is -1.39. The Balaban J connectivity index is 1.78. The molecule has 2 aliphatic rings. The van der Waals surface area contributed by atoms with Crippen LogP contribution in [0.15, 0.2) is 24.3 Å². The van der Waals surface area contributed by atoms with Crippen LogP contribution in [0.25, 0.3) is 0 Å². The predicted octanol–water partition coefficient (Wildman–Crippen LogP) is 2.27. The van der Waals surface area contributed by atoms with E-state index in [1.54, 1.807) is 7.11 Å². The fourth-order valence-electron chi connectivity index (χ4n) is 3.94. The van der Waals surface area contributed by atoms with Gasteiger partial charge in [0.05, 0.1) is 12.2 Å². The van der Waals surface area contributed by atoms with Crippen molar-refractivity contribution in [2.45, 2.75) is 25.3 Å². The lowest BCUT2D eigenvalue weighted by Crippen LogP contribution is -2.40. The van der Waals surface area contributed by atoms with Gasteiger partial charge in [-0.1, -0.05) is 12.1 Å². The molecule has 1 aromatic carbocycles. The lowest BCUT2D eigenvalue weighted by atomic mass is 9.80. The topological polar surface area (TPSA) is 61.5 Å². The van der Waals surface area contributed by atoms with Crippen LogP contribution in [0.1, 0.15) is 29.6 Å². The Morgan fingerprint density at radius 3 is 2.71 bits per heavy atom. The Morgan fingerprint density at radius 2 is 2.00 bits per heavy atom. The summed E-state index contributed by atoms with van der Waals surface area (Å²) in [5.41, 5.74) is 6.96. The zero-order chi connectivity index (χ0) is 14.8. The van der Waals surface area contributed by atoms with E-state index in [-0.39, 0.29) is 17.7 Å². The Kier molecular flexibility index (Phi) is 4.27. The van der Waals surface area contributed by atoms with Gasteiger partial charge in [0, 0.05) is 19.1 Å². The van der Waals surface area contributed by atoms with Crippen LogP contribution in [-0.2, 0) is 4.74 Å². The molecule has 2 N–H and O–H groups in total. The van der Waals surface area contributed by atoms with Crippen molar-refractivity contribution >= 4 is 5.78 Å². The Bertz CT molecular complexity index is 515. The van der Waals surface area contributed by atoms with Gasteiger partial charge in [-0.25, -0.2) is 0 Å². The van der Waals surface area contributed by atoms with Crippen molar-refractivity contribution in [1.29, 1.82) is 0 Å². The van der Waals surface area contributed by atoms with Crippen LogP contribution in [0.5, 0.6) is 5.75 Å². The fourth-order valence-corrected chi connectivity index (χ4v) is 3.94. The number of ether oxygens (including phenoxy) is 2. The molecular formula is C17H23NO3. The number of benzene rings is 1. The standard InChI is InChI=1S/C17H23NO3/c1-20-8-9-21-14-5-3-2-4-13(14)17(19)15-11-6-7-12(10-11)16(15)18/h2-5,11-12,15-16H,6-10,18H2,1H3. The van der Waals surface area contributed by atoms with Gasteiger partial charge in [-0.15, -0.1) is 0 Å². The van der Waals surface area contributed by atoms with E-state index in [4.69, 9.17) is 15.2 Å². The van der Waals surface area contributed by atoms with Crippen molar-refractivity contribution in [3.8, 4) is 5.75 Å². The van der Waals surface area contributed by atoms with E-state index in [9.17, 15) is 4.79 Å². The number of ketones is 1. The molecule has 0 aromatic heterocycles. The maximum absolute atomic E-state index is 12.9. The van der Waals surface area contributed by atoms with E-state index in [0.717, 1.165) is 12.8 Å². The monoisotopic (exact) mass is 289 g/mol. The summed E-state index contributed by atoms with van der Waals surface area (Å²) in [5.74, 6) is 1.77. The Labute approximate surface area is 125 Å². The number of nitrogens with two attached hydrogens (primary N) is 1. The van der Waals surface area contributed by atoms with Crippen molar-refractivity contribution in [1.82, 2.24) is 0 Å². The van der Waals surface area contributed by atoms with Gasteiger partial charge < -0.3 is 15.2 Å². The minimum atomic E-state index is -0.0316. The van der Waals surface area contributed by atoms with E-state index >= 15 is 0 Å². The maximum atomic E-state index is 12.9. The summed E-state index contributed by atoms with van der Waals surface area (Å²) >= 11 is 0. The summed E-state index contributed by atoms with van der Waals surface area (Å²) in [4.78, 5) is 12.9.